The molecule has 0 atom stereocenters. The summed E-state index contributed by atoms with van der Waals surface area (Å²) in [5.41, 5.74) is 9.51. The second-order valence-corrected chi connectivity index (χ2v) is 10.1. The summed E-state index contributed by atoms with van der Waals surface area (Å²) in [5, 5.41) is 21.8. The van der Waals surface area contributed by atoms with Crippen LogP contribution < -0.4 is 5.73 Å². The predicted octanol–water partition coefficient (Wildman–Crippen LogP) is 8.30. The molecule has 4 aromatic rings. The zero-order valence-corrected chi connectivity index (χ0v) is 19.6. The van der Waals surface area contributed by atoms with Crippen LogP contribution in [0.3, 0.4) is 0 Å². The van der Waals surface area contributed by atoms with Gasteiger partial charge in [0, 0.05) is 15.4 Å². The average molecular weight is 442 g/mol. The number of phenols is 1. The topological polar surface area (TPSA) is 71.0 Å². The van der Waals surface area contributed by atoms with Gasteiger partial charge in [0.05, 0.1) is 5.69 Å². The third kappa shape index (κ3) is 4.78. The number of nitrogens with zero attached hydrogens (tertiary/aromatic N) is 2. The van der Waals surface area contributed by atoms with E-state index in [9.17, 15) is 5.11 Å². The van der Waals surface area contributed by atoms with Crippen LogP contribution >= 0.6 is 11.8 Å². The van der Waals surface area contributed by atoms with Gasteiger partial charge in [0.1, 0.15) is 17.1 Å². The zero-order chi connectivity index (χ0) is 22.9. The van der Waals surface area contributed by atoms with E-state index < -0.39 is 0 Å². The van der Waals surface area contributed by atoms with Crippen LogP contribution in [0.4, 0.5) is 17.1 Å². The molecule has 5 heteroatoms. The molecule has 0 radical (unpaired) electrons. The maximum Gasteiger partial charge on any atom is 0.146 e. The molecule has 4 nitrogen and oxygen atoms in total. The van der Waals surface area contributed by atoms with Gasteiger partial charge in [-0.05, 0) is 65.1 Å². The van der Waals surface area contributed by atoms with Crippen molar-refractivity contribution in [2.75, 3.05) is 5.73 Å². The van der Waals surface area contributed by atoms with Gasteiger partial charge in [0.25, 0.3) is 0 Å². The molecule has 0 heterocycles. The van der Waals surface area contributed by atoms with Crippen LogP contribution in [0.5, 0.6) is 5.75 Å². The molecule has 4 rings (SSSR count). The number of hydrogen-bond donors (Lipinski definition) is 2. The van der Waals surface area contributed by atoms with Crippen molar-refractivity contribution in [3.05, 3.63) is 83.9 Å². The number of nitrogens with two attached hydrogens (primary N) is 1. The fourth-order valence-electron chi connectivity index (χ4n) is 3.57. The molecule has 0 aliphatic heterocycles. The van der Waals surface area contributed by atoms with Crippen molar-refractivity contribution in [2.24, 2.45) is 10.2 Å². The van der Waals surface area contributed by atoms with Gasteiger partial charge < -0.3 is 10.8 Å². The molecule has 0 saturated carbocycles. The molecule has 3 N–H and O–H groups in total. The molecule has 0 unspecified atom stereocenters. The van der Waals surface area contributed by atoms with E-state index in [1.54, 1.807) is 11.8 Å². The van der Waals surface area contributed by atoms with Crippen LogP contribution in [0.25, 0.3) is 10.8 Å². The highest BCUT2D eigenvalue weighted by atomic mass is 32.2. The van der Waals surface area contributed by atoms with Gasteiger partial charge in [-0.1, -0.05) is 68.9 Å². The zero-order valence-electron chi connectivity index (χ0n) is 18.8. The van der Waals surface area contributed by atoms with E-state index in [0.717, 1.165) is 20.9 Å². The Hall–Kier alpha value is -3.31. The van der Waals surface area contributed by atoms with E-state index in [4.69, 9.17) is 5.73 Å². The van der Waals surface area contributed by atoms with E-state index >= 15 is 0 Å². The Bertz CT molecular complexity index is 1320. The summed E-state index contributed by atoms with van der Waals surface area (Å²) in [6.07, 6.45) is 0. The van der Waals surface area contributed by atoms with Crippen LogP contribution in [0, 0.1) is 6.92 Å². The molecule has 0 amide bonds. The first-order valence-corrected chi connectivity index (χ1v) is 11.3. The lowest BCUT2D eigenvalue weighted by molar-refractivity contribution is 0.447. The Balaban J connectivity index is 1.57. The van der Waals surface area contributed by atoms with E-state index in [1.165, 1.54) is 10.8 Å². The molecule has 162 valence electrons. The molecule has 0 fully saturated rings. The van der Waals surface area contributed by atoms with Crippen LogP contribution in [0.2, 0.25) is 0 Å². The molecule has 32 heavy (non-hydrogen) atoms. The summed E-state index contributed by atoms with van der Waals surface area (Å²) in [7, 11) is 0. The lowest BCUT2D eigenvalue weighted by atomic mass is 9.85. The summed E-state index contributed by atoms with van der Waals surface area (Å²) in [6.45, 7) is 8.17. The number of fused-ring (bicyclic) bond motifs is 1. The molecule has 4 aromatic carbocycles. The molecule has 0 saturated heterocycles. The number of azo groups is 1. The third-order valence-electron chi connectivity index (χ3n) is 5.26. The van der Waals surface area contributed by atoms with Crippen LogP contribution in [-0.2, 0) is 5.41 Å². The smallest absolute Gasteiger partial charge is 0.146 e. The molecule has 0 bridgehead atoms. The largest absolute Gasteiger partial charge is 0.505 e. The molecular formula is C27H27N3OS. The van der Waals surface area contributed by atoms with Crippen LogP contribution in [0.1, 0.15) is 31.9 Å². The highest BCUT2D eigenvalue weighted by Crippen LogP contribution is 2.40. The summed E-state index contributed by atoms with van der Waals surface area (Å²) in [4.78, 5) is 2.18. The van der Waals surface area contributed by atoms with Gasteiger partial charge in [0.2, 0.25) is 0 Å². The highest BCUT2D eigenvalue weighted by molar-refractivity contribution is 7.99. The SMILES string of the molecule is Cc1cc(N=Nc2ccc(Sc3ccc4ccccc4c3)cc2N)c(O)c(C(C)(C)C)c1. The highest BCUT2D eigenvalue weighted by Gasteiger charge is 2.21. The standard InChI is InChI=1S/C27H27N3OS/c1-17-13-22(27(2,3)4)26(31)25(14-17)30-29-24-12-11-21(16-23(24)28)32-20-10-9-18-7-5-6-8-19(18)15-20/h5-16,31H,28H2,1-4H3. The fraction of sp³-hybridized carbons (Fsp3) is 0.185. The molecule has 0 spiro atoms. The van der Waals surface area contributed by atoms with Crippen LogP contribution in [0.15, 0.2) is 92.8 Å². The minimum atomic E-state index is -0.193. The first-order valence-electron chi connectivity index (χ1n) is 10.5. The minimum Gasteiger partial charge on any atom is -0.505 e. The van der Waals surface area contributed by atoms with E-state index in [1.807, 2.05) is 49.4 Å². The normalized spacial score (nSPS) is 12.0. The van der Waals surface area contributed by atoms with Gasteiger partial charge >= 0.3 is 0 Å². The first-order chi connectivity index (χ1) is 15.2. The van der Waals surface area contributed by atoms with Crippen LogP contribution in [-0.4, -0.2) is 5.11 Å². The number of hydrogen-bond acceptors (Lipinski definition) is 5. The Kier molecular flexibility index (Phi) is 5.94. The van der Waals surface area contributed by atoms with Crippen molar-refractivity contribution >= 4 is 39.6 Å². The summed E-state index contributed by atoms with van der Waals surface area (Å²) < 4.78 is 0. The predicted molar refractivity (Wildman–Crippen MR) is 135 cm³/mol. The maximum absolute atomic E-state index is 10.7. The fourth-order valence-corrected chi connectivity index (χ4v) is 4.49. The van der Waals surface area contributed by atoms with Gasteiger partial charge in [-0.15, -0.1) is 10.2 Å². The number of benzene rings is 4. The molecule has 0 aliphatic carbocycles. The van der Waals surface area contributed by atoms with Crippen molar-refractivity contribution in [1.82, 2.24) is 0 Å². The van der Waals surface area contributed by atoms with Gasteiger partial charge in [-0.2, -0.15) is 0 Å². The number of aromatic hydroxyl groups is 1. The number of phenolic OH excluding ortho intramolecular Hbond substituents is 1. The Labute approximate surface area is 193 Å². The summed E-state index contributed by atoms with van der Waals surface area (Å²) >= 11 is 1.66. The maximum atomic E-state index is 10.7. The Morgan fingerprint density at radius 2 is 1.44 bits per heavy atom. The second kappa shape index (κ2) is 8.67. The van der Waals surface area contributed by atoms with E-state index in [0.29, 0.717) is 17.1 Å². The van der Waals surface area contributed by atoms with Crippen molar-refractivity contribution in [3.8, 4) is 5.75 Å². The number of aryl methyl sites for hydroxylation is 1. The molecule has 0 aliphatic rings. The molecular weight excluding hydrogens is 414 g/mol. The minimum absolute atomic E-state index is 0.161. The van der Waals surface area contributed by atoms with E-state index in [-0.39, 0.29) is 11.2 Å². The summed E-state index contributed by atoms with van der Waals surface area (Å²) in [5.74, 6) is 0.161. The summed E-state index contributed by atoms with van der Waals surface area (Å²) in [6, 6.07) is 24.3. The number of nitrogen functional groups attached to an aromatic ring is 1. The third-order valence-corrected chi connectivity index (χ3v) is 6.24. The molecule has 0 aromatic heterocycles. The lowest BCUT2D eigenvalue weighted by Gasteiger charge is -2.21. The Morgan fingerprint density at radius 1 is 0.781 bits per heavy atom. The quantitative estimate of drug-likeness (QED) is 0.247. The van der Waals surface area contributed by atoms with Gasteiger partial charge in [-0.25, -0.2) is 0 Å². The first kappa shape index (κ1) is 21.9. The monoisotopic (exact) mass is 441 g/mol. The number of anilines is 1. The van der Waals surface area contributed by atoms with Crippen molar-refractivity contribution in [1.29, 1.82) is 0 Å². The van der Waals surface area contributed by atoms with Crippen molar-refractivity contribution < 1.29 is 5.11 Å². The lowest BCUT2D eigenvalue weighted by Crippen LogP contribution is -2.11. The Morgan fingerprint density at radius 3 is 2.16 bits per heavy atom. The van der Waals surface area contributed by atoms with Gasteiger partial charge in [0.15, 0.2) is 0 Å². The van der Waals surface area contributed by atoms with Gasteiger partial charge in [-0.3, -0.25) is 0 Å². The van der Waals surface area contributed by atoms with E-state index in [2.05, 4.69) is 61.3 Å². The second-order valence-electron chi connectivity index (χ2n) is 8.96. The van der Waals surface area contributed by atoms with Crippen molar-refractivity contribution in [3.63, 3.8) is 0 Å². The average Bonchev–Trinajstić information content (AvgIpc) is 2.74. The number of rotatable bonds is 4. The van der Waals surface area contributed by atoms with Crippen molar-refractivity contribution in [2.45, 2.75) is 42.9 Å².